The summed E-state index contributed by atoms with van der Waals surface area (Å²) in [6, 6.07) is 24.0. The minimum absolute atomic E-state index is 0.00269. The Labute approximate surface area is 330 Å². The van der Waals surface area contributed by atoms with E-state index in [1.54, 1.807) is 6.92 Å². The summed E-state index contributed by atoms with van der Waals surface area (Å²) in [4.78, 5) is 26.7. The predicted octanol–water partition coefficient (Wildman–Crippen LogP) is 9.78. The molecule has 1 aliphatic rings. The van der Waals surface area contributed by atoms with E-state index in [0.29, 0.717) is 6.54 Å². The average molecular weight is 758 g/mol. The van der Waals surface area contributed by atoms with Crippen LogP contribution in [0, 0.1) is 0 Å². The van der Waals surface area contributed by atoms with Crippen LogP contribution in [-0.4, -0.2) is 60.9 Å². The number of aliphatic hydroxyl groups excluding tert-OH is 1. The van der Waals surface area contributed by atoms with Gasteiger partial charge in [-0.25, -0.2) is 4.79 Å². The van der Waals surface area contributed by atoms with Gasteiger partial charge in [0.15, 0.2) is 6.29 Å². The largest absolute Gasteiger partial charge is 0.465 e. The predicted molar refractivity (Wildman–Crippen MR) is 220 cm³/mol. The maximum Gasteiger partial charge on any atom is 0.325 e. The molecule has 0 aliphatic carbocycles. The van der Waals surface area contributed by atoms with Gasteiger partial charge in [0, 0.05) is 25.1 Å². The quantitative estimate of drug-likeness (QED) is 0.0583. The molecule has 1 fully saturated rings. The van der Waals surface area contributed by atoms with Crippen LogP contribution in [0.4, 0.5) is 4.79 Å². The van der Waals surface area contributed by atoms with Gasteiger partial charge in [-0.2, -0.15) is 0 Å². The first-order valence-electron chi connectivity index (χ1n) is 21.0. The third kappa shape index (κ3) is 15.7. The molecule has 1 saturated heterocycles. The Bertz CT molecular complexity index is 1500. The molecule has 0 aromatic heterocycles. The van der Waals surface area contributed by atoms with Gasteiger partial charge in [-0.1, -0.05) is 151 Å². The van der Waals surface area contributed by atoms with Gasteiger partial charge in [-0.3, -0.25) is 4.79 Å². The number of hydrogen-bond acceptors (Lipinski definition) is 7. The lowest BCUT2D eigenvalue weighted by Gasteiger charge is -2.38. The molecule has 1 aliphatic heterocycles. The number of carbonyl (C=O) groups is 2. The summed E-state index contributed by atoms with van der Waals surface area (Å²) in [5.74, 6) is -0.472. The first kappa shape index (κ1) is 44.0. The average Bonchev–Trinajstić information content (AvgIpc) is 3.22. The van der Waals surface area contributed by atoms with Crippen LogP contribution in [0.25, 0.3) is 11.1 Å². The molecule has 9 nitrogen and oxygen atoms in total. The van der Waals surface area contributed by atoms with Crippen molar-refractivity contribution in [3.05, 3.63) is 95.1 Å². The van der Waals surface area contributed by atoms with E-state index in [1.807, 2.05) is 36.4 Å². The summed E-state index contributed by atoms with van der Waals surface area (Å²) >= 11 is 0. The fourth-order valence-corrected chi connectivity index (χ4v) is 7.23. The van der Waals surface area contributed by atoms with Gasteiger partial charge in [-0.15, -0.1) is 0 Å². The van der Waals surface area contributed by atoms with Gasteiger partial charge in [0.25, 0.3) is 0 Å². The number of nitrogens with zero attached hydrogens (tertiary/aromatic N) is 1. The highest BCUT2D eigenvalue weighted by Gasteiger charge is 2.33. The first-order chi connectivity index (χ1) is 26.9. The maximum atomic E-state index is 12.4. The number of hydrogen-bond donors (Lipinski definition) is 3. The molecular weight excluding hydrogens is 691 g/mol. The molecule has 4 rings (SSSR count). The molecule has 0 saturated carbocycles. The first-order valence-corrected chi connectivity index (χ1v) is 21.0. The fourth-order valence-electron chi connectivity index (χ4n) is 7.23. The van der Waals surface area contributed by atoms with Crippen LogP contribution < -0.4 is 10.6 Å². The molecule has 0 spiro atoms. The van der Waals surface area contributed by atoms with Gasteiger partial charge in [-0.05, 0) is 60.7 Å². The molecule has 0 unspecified atom stereocenters. The lowest BCUT2D eigenvalue weighted by atomic mass is 9.97. The van der Waals surface area contributed by atoms with Gasteiger partial charge >= 0.3 is 12.0 Å². The Morgan fingerprint density at radius 3 is 2.00 bits per heavy atom. The number of aliphatic hydroxyl groups is 1. The number of carbonyl (C=O) groups excluding carboxylic acids is 2. The molecule has 3 atom stereocenters. The standard InChI is InChI=1S/C46H67N3O6/c1-4-7-9-11-13-17-29-49(30-18-14-12-10-8-5-2)34-41-31-43(38-23-21-36(35-50)22-24-38)55-45(54-41)39-27-25-37(26-28-39)42-20-16-15-19-40(42)32-47-46(52)48-33-44(51)53-6-3/h15-16,19-28,41,43,45,50H,4-14,17-18,29-35H2,1-3H3,(H2,47,48,52)/t41-,43+,45+/m0/s1. The zero-order valence-electron chi connectivity index (χ0n) is 33.7. The van der Waals surface area contributed by atoms with Crippen LogP contribution in [0.5, 0.6) is 0 Å². The third-order valence-electron chi connectivity index (χ3n) is 10.4. The van der Waals surface area contributed by atoms with E-state index >= 15 is 0 Å². The Kier molecular flexibility index (Phi) is 20.3. The number of rotatable bonds is 25. The Morgan fingerprint density at radius 1 is 0.745 bits per heavy atom. The van der Waals surface area contributed by atoms with Crippen LogP contribution in [0.1, 0.15) is 139 Å². The van der Waals surface area contributed by atoms with E-state index in [-0.39, 0.29) is 32.0 Å². The number of nitrogens with one attached hydrogen (secondary N) is 2. The summed E-state index contributed by atoms with van der Waals surface area (Å²) in [6.07, 6.45) is 15.5. The Balaban J connectivity index is 1.47. The zero-order chi connectivity index (χ0) is 39.1. The van der Waals surface area contributed by atoms with E-state index in [2.05, 4.69) is 65.8 Å². The molecule has 55 heavy (non-hydrogen) atoms. The van der Waals surface area contributed by atoms with Gasteiger partial charge in [0.1, 0.15) is 6.54 Å². The van der Waals surface area contributed by atoms with Crippen molar-refractivity contribution in [2.45, 2.75) is 136 Å². The SMILES string of the molecule is CCCCCCCCN(CCCCCCCC)C[C@@H]1C[C@H](c2ccc(CO)cc2)O[C@H](c2ccc(-c3ccccc3CNC(=O)NCC(=O)OCC)cc2)O1. The molecule has 302 valence electrons. The van der Waals surface area contributed by atoms with Crippen molar-refractivity contribution in [2.24, 2.45) is 0 Å². The second-order valence-electron chi connectivity index (χ2n) is 14.8. The summed E-state index contributed by atoms with van der Waals surface area (Å²) in [6.45, 7) is 9.74. The number of benzene rings is 3. The zero-order valence-corrected chi connectivity index (χ0v) is 33.7. The second kappa shape index (κ2) is 25.4. The smallest absolute Gasteiger partial charge is 0.325 e. The van der Waals surface area contributed by atoms with E-state index in [0.717, 1.165) is 59.4 Å². The van der Waals surface area contributed by atoms with Crippen LogP contribution in [-0.2, 0) is 32.2 Å². The Morgan fingerprint density at radius 2 is 1.36 bits per heavy atom. The highest BCUT2D eigenvalue weighted by molar-refractivity contribution is 5.81. The Hall–Kier alpha value is -3.76. The summed E-state index contributed by atoms with van der Waals surface area (Å²) in [7, 11) is 0. The molecule has 0 bridgehead atoms. The van der Waals surface area contributed by atoms with E-state index in [1.165, 1.54) is 77.0 Å². The summed E-state index contributed by atoms with van der Waals surface area (Å²) < 4.78 is 18.4. The third-order valence-corrected chi connectivity index (χ3v) is 10.4. The molecule has 1 heterocycles. The van der Waals surface area contributed by atoms with Gasteiger partial charge in [0.2, 0.25) is 0 Å². The summed E-state index contributed by atoms with van der Waals surface area (Å²) in [5.41, 5.74) is 5.91. The van der Waals surface area contributed by atoms with Crippen molar-refractivity contribution >= 4 is 12.0 Å². The van der Waals surface area contributed by atoms with Crippen molar-refractivity contribution in [2.75, 3.05) is 32.8 Å². The van der Waals surface area contributed by atoms with Gasteiger partial charge in [0.05, 0.1) is 25.4 Å². The topological polar surface area (TPSA) is 109 Å². The van der Waals surface area contributed by atoms with Crippen molar-refractivity contribution in [1.29, 1.82) is 0 Å². The fraction of sp³-hybridized carbons (Fsp3) is 0.565. The van der Waals surface area contributed by atoms with Crippen LogP contribution >= 0.6 is 0 Å². The van der Waals surface area contributed by atoms with Crippen LogP contribution in [0.2, 0.25) is 0 Å². The highest BCUT2D eigenvalue weighted by Crippen LogP contribution is 2.39. The molecule has 3 aromatic rings. The molecule has 3 aromatic carbocycles. The molecule has 0 radical (unpaired) electrons. The van der Waals surface area contributed by atoms with Crippen molar-refractivity contribution in [1.82, 2.24) is 15.5 Å². The van der Waals surface area contributed by atoms with Gasteiger partial charge < -0.3 is 34.9 Å². The van der Waals surface area contributed by atoms with E-state index < -0.39 is 18.3 Å². The molecule has 9 heteroatoms. The van der Waals surface area contributed by atoms with E-state index in [4.69, 9.17) is 14.2 Å². The second-order valence-corrected chi connectivity index (χ2v) is 14.8. The lowest BCUT2D eigenvalue weighted by molar-refractivity contribution is -0.253. The minimum Gasteiger partial charge on any atom is -0.465 e. The monoisotopic (exact) mass is 758 g/mol. The highest BCUT2D eigenvalue weighted by atomic mass is 16.7. The van der Waals surface area contributed by atoms with Crippen molar-refractivity contribution in [3.8, 4) is 11.1 Å². The minimum atomic E-state index is -0.528. The molecule has 2 amide bonds. The van der Waals surface area contributed by atoms with Crippen LogP contribution in [0.15, 0.2) is 72.8 Å². The normalized spacial score (nSPS) is 16.9. The molecular formula is C46H67N3O6. The van der Waals surface area contributed by atoms with E-state index in [9.17, 15) is 14.7 Å². The van der Waals surface area contributed by atoms with Crippen molar-refractivity contribution < 1.29 is 28.9 Å². The number of unbranched alkanes of at least 4 members (excludes halogenated alkanes) is 10. The van der Waals surface area contributed by atoms with Crippen molar-refractivity contribution in [3.63, 3.8) is 0 Å². The van der Waals surface area contributed by atoms with Crippen LogP contribution in [0.3, 0.4) is 0 Å². The number of urea groups is 1. The lowest BCUT2D eigenvalue weighted by Crippen LogP contribution is -2.40. The summed E-state index contributed by atoms with van der Waals surface area (Å²) in [5, 5.41) is 15.1. The molecule has 3 N–H and O–H groups in total. The number of esters is 1. The number of ether oxygens (including phenoxy) is 3. The number of amides is 2. The maximum absolute atomic E-state index is 12.4.